The molecule has 1 N–H and O–H groups in total. The third-order valence-electron chi connectivity index (χ3n) is 3.08. The Kier molecular flexibility index (Phi) is 3.47. The van der Waals surface area contributed by atoms with Crippen molar-refractivity contribution >= 4 is 5.91 Å². The summed E-state index contributed by atoms with van der Waals surface area (Å²) in [6, 6.07) is 0.220. The highest BCUT2D eigenvalue weighted by atomic mass is 16.4. The highest BCUT2D eigenvalue weighted by Gasteiger charge is 2.22. The van der Waals surface area contributed by atoms with E-state index >= 15 is 0 Å². The van der Waals surface area contributed by atoms with E-state index in [4.69, 9.17) is 4.42 Å². The maximum Gasteiger partial charge on any atom is 0.273 e. The molecule has 1 fully saturated rings. The average Bonchev–Trinajstić information content (AvgIpc) is 2.58. The summed E-state index contributed by atoms with van der Waals surface area (Å²) in [5.74, 6) is 0.997. The van der Waals surface area contributed by atoms with E-state index in [9.17, 15) is 4.79 Å². The Morgan fingerprint density at radius 2 is 2.29 bits per heavy atom. The number of likely N-dealkylation sites (N-methyl/N-ethyl adjacent to an activating group) is 1. The molecular formula is C12H19N3O2. The maximum absolute atomic E-state index is 12.0. The summed E-state index contributed by atoms with van der Waals surface area (Å²) in [7, 11) is 2.07. The second-order valence-corrected chi connectivity index (χ2v) is 4.71. The lowest BCUT2D eigenvalue weighted by Crippen LogP contribution is -2.46. The zero-order valence-electron chi connectivity index (χ0n) is 10.6. The molecule has 0 aliphatic carbocycles. The number of aryl methyl sites for hydroxylation is 2. The Bertz CT molecular complexity index is 414. The number of nitrogens with one attached hydrogen (secondary N) is 1. The molecule has 1 atom stereocenters. The van der Waals surface area contributed by atoms with Crippen molar-refractivity contribution < 1.29 is 9.21 Å². The molecule has 0 aromatic carbocycles. The number of carbonyl (C=O) groups excluding carboxylic acids is 1. The standard InChI is InChI=1S/C12H19N3O2/c1-8-11(13-9(2)17-8)12(16)14-10-5-4-6-15(3)7-10/h10H,4-7H2,1-3H3,(H,14,16)/t10-/m1/s1. The van der Waals surface area contributed by atoms with Crippen molar-refractivity contribution in [2.75, 3.05) is 20.1 Å². The van der Waals surface area contributed by atoms with Gasteiger partial charge in [0.15, 0.2) is 11.6 Å². The molecule has 1 aliphatic rings. The highest BCUT2D eigenvalue weighted by molar-refractivity contribution is 5.93. The molecule has 0 bridgehead atoms. The summed E-state index contributed by atoms with van der Waals surface area (Å²) >= 11 is 0. The van der Waals surface area contributed by atoms with Gasteiger partial charge in [-0.25, -0.2) is 4.98 Å². The number of rotatable bonds is 2. The second kappa shape index (κ2) is 4.87. The Morgan fingerprint density at radius 1 is 1.53 bits per heavy atom. The van der Waals surface area contributed by atoms with Gasteiger partial charge in [0, 0.05) is 19.5 Å². The van der Waals surface area contributed by atoms with Crippen molar-refractivity contribution in [3.63, 3.8) is 0 Å². The summed E-state index contributed by atoms with van der Waals surface area (Å²) in [6.45, 7) is 5.52. The van der Waals surface area contributed by atoms with Crippen LogP contribution in [-0.4, -0.2) is 42.0 Å². The van der Waals surface area contributed by atoms with Crippen molar-refractivity contribution in [3.8, 4) is 0 Å². The third-order valence-corrected chi connectivity index (χ3v) is 3.08. The molecule has 2 heterocycles. The Balaban J connectivity index is 1.99. The number of hydrogen-bond acceptors (Lipinski definition) is 4. The van der Waals surface area contributed by atoms with Gasteiger partial charge in [-0.15, -0.1) is 0 Å². The minimum absolute atomic E-state index is 0.125. The number of carbonyl (C=O) groups is 1. The molecular weight excluding hydrogens is 218 g/mol. The molecule has 0 unspecified atom stereocenters. The summed E-state index contributed by atoms with van der Waals surface area (Å²) in [4.78, 5) is 18.3. The highest BCUT2D eigenvalue weighted by Crippen LogP contribution is 2.12. The first-order chi connectivity index (χ1) is 8.06. The molecule has 1 aromatic rings. The van der Waals surface area contributed by atoms with Gasteiger partial charge in [0.25, 0.3) is 5.91 Å². The van der Waals surface area contributed by atoms with E-state index in [1.54, 1.807) is 13.8 Å². The van der Waals surface area contributed by atoms with Gasteiger partial charge in [-0.3, -0.25) is 4.79 Å². The van der Waals surface area contributed by atoms with Gasteiger partial charge in [0.05, 0.1) is 0 Å². The van der Waals surface area contributed by atoms with Gasteiger partial charge in [-0.2, -0.15) is 0 Å². The van der Waals surface area contributed by atoms with Crippen LogP contribution >= 0.6 is 0 Å². The van der Waals surface area contributed by atoms with Crippen molar-refractivity contribution in [3.05, 3.63) is 17.3 Å². The van der Waals surface area contributed by atoms with Gasteiger partial charge < -0.3 is 14.6 Å². The van der Waals surface area contributed by atoms with E-state index in [2.05, 4.69) is 22.2 Å². The van der Waals surface area contributed by atoms with Crippen LogP contribution in [0.3, 0.4) is 0 Å². The Labute approximate surface area is 101 Å². The minimum atomic E-state index is -0.125. The SMILES string of the molecule is Cc1nc(C(=O)N[C@@H]2CCCN(C)C2)c(C)o1. The molecule has 0 saturated carbocycles. The van der Waals surface area contributed by atoms with Crippen LogP contribution in [0.25, 0.3) is 0 Å². The number of likely N-dealkylation sites (tertiary alicyclic amines) is 1. The van der Waals surface area contributed by atoms with E-state index in [0.29, 0.717) is 17.3 Å². The summed E-state index contributed by atoms with van der Waals surface area (Å²) in [5, 5.41) is 3.02. The predicted molar refractivity (Wildman–Crippen MR) is 64.0 cm³/mol. The Morgan fingerprint density at radius 3 is 2.88 bits per heavy atom. The van der Waals surface area contributed by atoms with E-state index in [-0.39, 0.29) is 11.9 Å². The number of hydrogen-bond donors (Lipinski definition) is 1. The molecule has 5 nitrogen and oxygen atoms in total. The largest absolute Gasteiger partial charge is 0.445 e. The fourth-order valence-corrected chi connectivity index (χ4v) is 2.28. The summed E-state index contributed by atoms with van der Waals surface area (Å²) in [6.07, 6.45) is 2.16. The van der Waals surface area contributed by atoms with E-state index in [1.807, 2.05) is 0 Å². The van der Waals surface area contributed by atoms with Crippen LogP contribution in [0, 0.1) is 13.8 Å². The van der Waals surface area contributed by atoms with Crippen LogP contribution in [0.15, 0.2) is 4.42 Å². The fourth-order valence-electron chi connectivity index (χ4n) is 2.28. The zero-order chi connectivity index (χ0) is 12.4. The van der Waals surface area contributed by atoms with Crippen molar-refractivity contribution in [2.24, 2.45) is 0 Å². The molecule has 94 valence electrons. The van der Waals surface area contributed by atoms with Crippen LogP contribution in [0.1, 0.15) is 35.0 Å². The average molecular weight is 237 g/mol. The number of oxazole rings is 1. The van der Waals surface area contributed by atoms with E-state index in [1.165, 1.54) is 0 Å². The number of amides is 1. The van der Waals surface area contributed by atoms with Gasteiger partial charge in [-0.05, 0) is 33.4 Å². The van der Waals surface area contributed by atoms with Crippen LogP contribution in [0.2, 0.25) is 0 Å². The maximum atomic E-state index is 12.0. The first-order valence-corrected chi connectivity index (χ1v) is 5.99. The van der Waals surface area contributed by atoms with E-state index < -0.39 is 0 Å². The fraction of sp³-hybridized carbons (Fsp3) is 0.667. The van der Waals surface area contributed by atoms with Crippen LogP contribution in [0.4, 0.5) is 0 Å². The quantitative estimate of drug-likeness (QED) is 0.837. The smallest absolute Gasteiger partial charge is 0.273 e. The van der Waals surface area contributed by atoms with Gasteiger partial charge in [0.1, 0.15) is 5.76 Å². The van der Waals surface area contributed by atoms with Crippen LogP contribution in [-0.2, 0) is 0 Å². The molecule has 0 radical (unpaired) electrons. The number of nitrogens with zero attached hydrogens (tertiary/aromatic N) is 2. The molecule has 0 spiro atoms. The monoisotopic (exact) mass is 237 g/mol. The topological polar surface area (TPSA) is 58.4 Å². The number of piperidine rings is 1. The lowest BCUT2D eigenvalue weighted by atomic mass is 10.1. The van der Waals surface area contributed by atoms with Gasteiger partial charge in [-0.1, -0.05) is 0 Å². The van der Waals surface area contributed by atoms with Crippen molar-refractivity contribution in [2.45, 2.75) is 32.7 Å². The van der Waals surface area contributed by atoms with Gasteiger partial charge in [0.2, 0.25) is 0 Å². The molecule has 1 amide bonds. The molecule has 1 aliphatic heterocycles. The molecule has 2 rings (SSSR count). The summed E-state index contributed by atoms with van der Waals surface area (Å²) < 4.78 is 5.26. The molecule has 1 aromatic heterocycles. The van der Waals surface area contributed by atoms with E-state index in [0.717, 1.165) is 25.9 Å². The van der Waals surface area contributed by atoms with Crippen LogP contribution in [0.5, 0.6) is 0 Å². The normalized spacial score (nSPS) is 21.5. The first-order valence-electron chi connectivity index (χ1n) is 5.99. The molecule has 17 heavy (non-hydrogen) atoms. The predicted octanol–water partition coefficient (Wildman–Crippen LogP) is 1.12. The first kappa shape index (κ1) is 12.1. The van der Waals surface area contributed by atoms with Crippen molar-refractivity contribution in [1.29, 1.82) is 0 Å². The lowest BCUT2D eigenvalue weighted by molar-refractivity contribution is 0.0906. The van der Waals surface area contributed by atoms with Crippen molar-refractivity contribution in [1.82, 2.24) is 15.2 Å². The molecule has 5 heteroatoms. The minimum Gasteiger partial charge on any atom is -0.445 e. The lowest BCUT2D eigenvalue weighted by Gasteiger charge is -2.29. The summed E-state index contributed by atoms with van der Waals surface area (Å²) in [5.41, 5.74) is 0.413. The molecule has 1 saturated heterocycles. The van der Waals surface area contributed by atoms with Gasteiger partial charge >= 0.3 is 0 Å². The van der Waals surface area contributed by atoms with Crippen LogP contribution < -0.4 is 5.32 Å². The Hall–Kier alpha value is -1.36. The number of aromatic nitrogens is 1. The second-order valence-electron chi connectivity index (χ2n) is 4.71. The third kappa shape index (κ3) is 2.85. The zero-order valence-corrected chi connectivity index (χ0v) is 10.6.